The molecule has 2 N–H and O–H groups in total. The van der Waals surface area contributed by atoms with Crippen LogP contribution in [-0.4, -0.2) is 30.7 Å². The molecular formula is C26H21Cl2N3O4S. The summed E-state index contributed by atoms with van der Waals surface area (Å²) in [6.45, 7) is 1.58. The topological polar surface area (TPSA) is 89.0 Å². The molecule has 0 saturated carbocycles. The summed E-state index contributed by atoms with van der Waals surface area (Å²) in [5.41, 5.74) is 2.83. The van der Waals surface area contributed by atoms with Gasteiger partial charge in [0.1, 0.15) is 0 Å². The van der Waals surface area contributed by atoms with E-state index in [0.29, 0.717) is 32.1 Å². The van der Waals surface area contributed by atoms with Crippen molar-refractivity contribution in [1.82, 2.24) is 5.32 Å². The predicted octanol–water partition coefficient (Wildman–Crippen LogP) is 6.22. The number of carbonyl (C=O) groups excluding carboxylic acids is 2. The molecule has 2 amide bonds. The van der Waals surface area contributed by atoms with Gasteiger partial charge in [-0.15, -0.1) is 0 Å². The molecule has 0 radical (unpaired) electrons. The number of methoxy groups -OCH3 is 1. The van der Waals surface area contributed by atoms with Crippen molar-refractivity contribution in [2.24, 2.45) is 4.99 Å². The van der Waals surface area contributed by atoms with Crippen LogP contribution in [0, 0.1) is 6.92 Å². The number of nitrogens with zero attached hydrogens (tertiary/aromatic N) is 1. The lowest BCUT2D eigenvalue weighted by Crippen LogP contribution is -2.20. The van der Waals surface area contributed by atoms with Gasteiger partial charge in [0.15, 0.2) is 23.3 Å². The molecule has 1 heterocycles. The van der Waals surface area contributed by atoms with Crippen molar-refractivity contribution >= 4 is 69.4 Å². The summed E-state index contributed by atoms with van der Waals surface area (Å²) >= 11 is 13.8. The summed E-state index contributed by atoms with van der Waals surface area (Å²) in [7, 11) is 1.46. The smallest absolute Gasteiger partial charge is 0.264 e. The van der Waals surface area contributed by atoms with E-state index in [0.717, 1.165) is 11.3 Å². The molecule has 0 atom stereocenters. The molecule has 10 heteroatoms. The van der Waals surface area contributed by atoms with Crippen molar-refractivity contribution in [1.29, 1.82) is 0 Å². The van der Waals surface area contributed by atoms with E-state index < -0.39 is 0 Å². The van der Waals surface area contributed by atoms with Crippen molar-refractivity contribution < 1.29 is 19.1 Å². The molecule has 3 aromatic carbocycles. The van der Waals surface area contributed by atoms with E-state index in [1.165, 1.54) is 18.9 Å². The fourth-order valence-corrected chi connectivity index (χ4v) is 4.52. The van der Waals surface area contributed by atoms with Gasteiger partial charge in [-0.25, -0.2) is 4.99 Å². The number of thioether (sulfide) groups is 1. The van der Waals surface area contributed by atoms with Gasteiger partial charge >= 0.3 is 0 Å². The Morgan fingerprint density at radius 2 is 1.89 bits per heavy atom. The summed E-state index contributed by atoms with van der Waals surface area (Å²) in [5, 5.41) is 6.74. The minimum atomic E-state index is -0.386. The van der Waals surface area contributed by atoms with E-state index in [1.54, 1.807) is 30.3 Å². The molecule has 184 valence electrons. The quantitative estimate of drug-likeness (QED) is 0.346. The van der Waals surface area contributed by atoms with Crippen LogP contribution >= 0.6 is 35.0 Å². The van der Waals surface area contributed by atoms with Crippen LogP contribution in [0.15, 0.2) is 70.6 Å². The second-order valence-electron chi connectivity index (χ2n) is 7.65. The number of rotatable bonds is 7. The number of aliphatic imine (C=N–C) groups is 1. The number of ether oxygens (including phenoxy) is 2. The second-order valence-corrected chi connectivity index (χ2v) is 9.50. The lowest BCUT2D eigenvalue weighted by molar-refractivity contribution is -0.118. The van der Waals surface area contributed by atoms with Gasteiger partial charge < -0.3 is 20.1 Å². The summed E-state index contributed by atoms with van der Waals surface area (Å²) in [4.78, 5) is 29.7. The Labute approximate surface area is 222 Å². The van der Waals surface area contributed by atoms with Crippen LogP contribution in [0.1, 0.15) is 11.1 Å². The van der Waals surface area contributed by atoms with E-state index in [1.807, 2.05) is 43.3 Å². The van der Waals surface area contributed by atoms with Gasteiger partial charge in [-0.1, -0.05) is 47.5 Å². The highest BCUT2D eigenvalue weighted by Crippen LogP contribution is 2.38. The number of aryl methyl sites for hydroxylation is 1. The minimum Gasteiger partial charge on any atom is -0.493 e. The molecule has 3 aromatic rings. The van der Waals surface area contributed by atoms with Crippen LogP contribution in [0.2, 0.25) is 10.0 Å². The van der Waals surface area contributed by atoms with E-state index in [2.05, 4.69) is 15.6 Å². The van der Waals surface area contributed by atoms with Gasteiger partial charge in [-0.05, 0) is 72.3 Å². The fourth-order valence-electron chi connectivity index (χ4n) is 3.22. The maximum atomic E-state index is 12.4. The molecule has 0 aromatic heterocycles. The number of nitrogens with one attached hydrogen (secondary N) is 2. The third kappa shape index (κ3) is 6.40. The van der Waals surface area contributed by atoms with E-state index in [-0.39, 0.29) is 29.2 Å². The molecule has 1 fully saturated rings. The number of carbonyl (C=O) groups is 2. The molecule has 0 spiro atoms. The predicted molar refractivity (Wildman–Crippen MR) is 146 cm³/mol. The highest BCUT2D eigenvalue weighted by atomic mass is 35.5. The Bertz CT molecular complexity index is 1380. The molecule has 1 aliphatic rings. The zero-order valence-electron chi connectivity index (χ0n) is 19.3. The first kappa shape index (κ1) is 25.6. The number of amidine groups is 1. The van der Waals surface area contributed by atoms with Crippen LogP contribution in [0.25, 0.3) is 6.08 Å². The molecule has 4 rings (SSSR count). The van der Waals surface area contributed by atoms with Crippen molar-refractivity contribution in [3.05, 3.63) is 86.7 Å². The number of benzene rings is 3. The third-order valence-corrected chi connectivity index (χ3v) is 6.59. The maximum Gasteiger partial charge on any atom is 0.264 e. The molecule has 0 aliphatic carbocycles. The molecule has 1 aliphatic heterocycles. The Kier molecular flexibility index (Phi) is 8.20. The molecule has 7 nitrogen and oxygen atoms in total. The first-order valence-corrected chi connectivity index (χ1v) is 12.3. The Balaban J connectivity index is 1.46. The Morgan fingerprint density at radius 1 is 1.11 bits per heavy atom. The van der Waals surface area contributed by atoms with Crippen LogP contribution < -0.4 is 20.1 Å². The lowest BCUT2D eigenvalue weighted by Gasteiger charge is -2.14. The van der Waals surface area contributed by atoms with Crippen molar-refractivity contribution in [2.75, 3.05) is 19.0 Å². The van der Waals surface area contributed by atoms with Crippen LogP contribution in [0.4, 0.5) is 11.4 Å². The standard InChI is InChI=1S/C26H21Cl2N3O4S/c1-15-8-9-18(13-19(15)27)29-23(32)14-35-24-20(28)10-16(11-21(24)34-2)12-22-25(33)31-26(36-22)30-17-6-4-3-5-7-17/h3-13H,14H2,1-2H3,(H,29,32)(H,30,31,33)/b22-12-. The maximum absolute atomic E-state index is 12.4. The summed E-state index contributed by atoms with van der Waals surface area (Å²) in [6.07, 6.45) is 1.68. The SMILES string of the molecule is COc1cc(/C=C2\SC(=Nc3ccccc3)NC2=O)cc(Cl)c1OCC(=O)Nc1ccc(C)c(Cl)c1. The Hall–Kier alpha value is -3.46. The summed E-state index contributed by atoms with van der Waals surface area (Å²) in [5.74, 6) is -0.114. The number of hydrogen-bond acceptors (Lipinski definition) is 6. The van der Waals surface area contributed by atoms with Gasteiger partial charge in [-0.3, -0.25) is 9.59 Å². The van der Waals surface area contributed by atoms with E-state index in [4.69, 9.17) is 32.7 Å². The van der Waals surface area contributed by atoms with Crippen LogP contribution in [0.5, 0.6) is 11.5 Å². The zero-order chi connectivity index (χ0) is 25.7. The number of amides is 2. The second kappa shape index (κ2) is 11.5. The molecule has 36 heavy (non-hydrogen) atoms. The highest BCUT2D eigenvalue weighted by molar-refractivity contribution is 8.18. The molecule has 1 saturated heterocycles. The minimum absolute atomic E-state index is 0.216. The largest absolute Gasteiger partial charge is 0.493 e. The molecule has 0 unspecified atom stereocenters. The average molecular weight is 542 g/mol. The normalized spacial score (nSPS) is 15.2. The number of hydrogen-bond donors (Lipinski definition) is 2. The highest BCUT2D eigenvalue weighted by Gasteiger charge is 2.24. The summed E-state index contributed by atoms with van der Waals surface area (Å²) in [6, 6.07) is 17.9. The fraction of sp³-hybridized carbons (Fsp3) is 0.115. The van der Waals surface area contributed by atoms with Crippen molar-refractivity contribution in [3.63, 3.8) is 0 Å². The average Bonchev–Trinajstić information content (AvgIpc) is 3.19. The van der Waals surface area contributed by atoms with Crippen molar-refractivity contribution in [2.45, 2.75) is 6.92 Å². The monoisotopic (exact) mass is 541 g/mol. The van der Waals surface area contributed by atoms with Gasteiger partial charge in [0.2, 0.25) is 0 Å². The van der Waals surface area contributed by atoms with Gasteiger partial charge in [0.25, 0.3) is 11.8 Å². The van der Waals surface area contributed by atoms with Crippen molar-refractivity contribution in [3.8, 4) is 11.5 Å². The molecule has 0 bridgehead atoms. The zero-order valence-corrected chi connectivity index (χ0v) is 21.6. The first-order chi connectivity index (χ1) is 17.3. The number of halogens is 2. The van der Waals surface area contributed by atoms with Gasteiger partial charge in [0, 0.05) is 10.7 Å². The first-order valence-electron chi connectivity index (χ1n) is 10.7. The Morgan fingerprint density at radius 3 is 2.61 bits per heavy atom. The number of para-hydroxylation sites is 1. The lowest BCUT2D eigenvalue weighted by atomic mass is 10.2. The summed E-state index contributed by atoms with van der Waals surface area (Å²) < 4.78 is 11.1. The van der Waals surface area contributed by atoms with E-state index in [9.17, 15) is 9.59 Å². The third-order valence-electron chi connectivity index (χ3n) is 4.99. The van der Waals surface area contributed by atoms with Crippen LogP contribution in [-0.2, 0) is 9.59 Å². The van der Waals surface area contributed by atoms with Crippen LogP contribution in [0.3, 0.4) is 0 Å². The molecular weight excluding hydrogens is 521 g/mol. The van der Waals surface area contributed by atoms with Gasteiger partial charge in [0.05, 0.1) is 22.7 Å². The van der Waals surface area contributed by atoms with E-state index >= 15 is 0 Å². The number of anilines is 1. The van der Waals surface area contributed by atoms with Gasteiger partial charge in [-0.2, -0.15) is 0 Å².